The van der Waals surface area contributed by atoms with Crippen molar-refractivity contribution in [3.63, 3.8) is 0 Å². The Morgan fingerprint density at radius 1 is 1.56 bits per heavy atom. The zero-order valence-electron chi connectivity index (χ0n) is 8.71. The van der Waals surface area contributed by atoms with Crippen molar-refractivity contribution in [2.45, 2.75) is 19.1 Å². The average molecular weight is 243 g/mol. The Morgan fingerprint density at radius 2 is 2.25 bits per heavy atom. The predicted molar refractivity (Wildman–Crippen MR) is 59.4 cm³/mol. The first-order chi connectivity index (χ1) is 7.56. The lowest BCUT2D eigenvalue weighted by molar-refractivity contribution is -0.119. The number of aliphatic hydroxyl groups is 2. The fourth-order valence-corrected chi connectivity index (χ4v) is 2.05. The second-order valence-electron chi connectivity index (χ2n) is 3.35. The van der Waals surface area contributed by atoms with E-state index >= 15 is 0 Å². The predicted octanol–water partition coefficient (Wildman–Crippen LogP) is 0.0910. The van der Waals surface area contributed by atoms with Gasteiger partial charge in [-0.3, -0.25) is 9.59 Å². The fraction of sp³-hybridized carbons (Fsp3) is 0.400. The van der Waals surface area contributed by atoms with Crippen LogP contribution in [0.3, 0.4) is 0 Å². The lowest BCUT2D eigenvalue weighted by atomic mass is 10.0. The minimum Gasteiger partial charge on any atom is -0.388 e. The largest absolute Gasteiger partial charge is 0.388 e. The zero-order valence-corrected chi connectivity index (χ0v) is 9.53. The van der Waals surface area contributed by atoms with Crippen molar-refractivity contribution < 1.29 is 19.8 Å². The van der Waals surface area contributed by atoms with Crippen molar-refractivity contribution >= 4 is 23.5 Å². The van der Waals surface area contributed by atoms with Gasteiger partial charge in [0.1, 0.15) is 12.2 Å². The van der Waals surface area contributed by atoms with Gasteiger partial charge in [-0.15, -0.1) is 0 Å². The van der Waals surface area contributed by atoms with Gasteiger partial charge in [0.2, 0.25) is 5.91 Å². The van der Waals surface area contributed by atoms with Crippen LogP contribution in [-0.2, 0) is 4.79 Å². The third-order valence-corrected chi connectivity index (χ3v) is 2.87. The second-order valence-corrected chi connectivity index (χ2v) is 4.09. The summed E-state index contributed by atoms with van der Waals surface area (Å²) in [6.07, 6.45) is -1.67. The molecular weight excluding hydrogens is 230 g/mol. The third kappa shape index (κ3) is 3.13. The van der Waals surface area contributed by atoms with Gasteiger partial charge in [0.25, 0.3) is 0 Å². The monoisotopic (exact) mass is 243 g/mol. The summed E-state index contributed by atoms with van der Waals surface area (Å²) in [7, 11) is 0. The molecule has 3 N–H and O–H groups in total. The summed E-state index contributed by atoms with van der Waals surface area (Å²) in [5, 5.41) is 24.9. The van der Waals surface area contributed by atoms with Gasteiger partial charge in [0, 0.05) is 30.0 Å². The van der Waals surface area contributed by atoms with Crippen LogP contribution >= 0.6 is 11.3 Å². The Labute approximate surface area is 96.7 Å². The minimum atomic E-state index is -1.17. The molecule has 0 saturated heterocycles. The highest BCUT2D eigenvalue weighted by Crippen LogP contribution is 2.23. The summed E-state index contributed by atoms with van der Waals surface area (Å²) in [6.45, 7) is 1.27. The van der Waals surface area contributed by atoms with Crippen molar-refractivity contribution in [1.29, 1.82) is 0 Å². The van der Waals surface area contributed by atoms with Gasteiger partial charge >= 0.3 is 0 Å². The third-order valence-electron chi connectivity index (χ3n) is 2.09. The Kier molecular flexibility index (Phi) is 4.60. The molecule has 0 radical (unpaired) electrons. The molecule has 2 unspecified atom stereocenters. The number of thiophene rings is 1. The maximum absolute atomic E-state index is 10.6. The lowest BCUT2D eigenvalue weighted by Crippen LogP contribution is -2.34. The molecule has 5 nitrogen and oxygen atoms in total. The van der Waals surface area contributed by atoms with Crippen molar-refractivity contribution in [2.24, 2.45) is 0 Å². The number of amides is 1. The topological polar surface area (TPSA) is 86.6 Å². The summed E-state index contributed by atoms with van der Waals surface area (Å²) in [5.41, 5.74) is 0.747. The van der Waals surface area contributed by atoms with E-state index in [2.05, 4.69) is 5.32 Å². The van der Waals surface area contributed by atoms with Gasteiger partial charge in [-0.2, -0.15) is 11.3 Å². The summed E-state index contributed by atoms with van der Waals surface area (Å²) in [6, 6.07) is 0. The van der Waals surface area contributed by atoms with Crippen molar-refractivity contribution in [3.05, 3.63) is 21.9 Å². The Morgan fingerprint density at radius 3 is 2.81 bits per heavy atom. The smallest absolute Gasteiger partial charge is 0.216 e. The molecule has 0 fully saturated rings. The quantitative estimate of drug-likeness (QED) is 0.640. The van der Waals surface area contributed by atoms with E-state index in [0.717, 1.165) is 0 Å². The summed E-state index contributed by atoms with van der Waals surface area (Å²) in [5.74, 6) is -0.285. The normalized spacial score (nSPS) is 14.2. The van der Waals surface area contributed by atoms with E-state index in [1.165, 1.54) is 18.3 Å². The molecule has 1 amide bonds. The second kappa shape index (κ2) is 5.74. The highest BCUT2D eigenvalue weighted by Gasteiger charge is 2.21. The van der Waals surface area contributed by atoms with Crippen LogP contribution in [0.4, 0.5) is 0 Å². The molecule has 0 aliphatic heterocycles. The highest BCUT2D eigenvalue weighted by molar-refractivity contribution is 7.08. The molecule has 6 heteroatoms. The maximum Gasteiger partial charge on any atom is 0.216 e. The lowest BCUT2D eigenvalue weighted by Gasteiger charge is -2.17. The maximum atomic E-state index is 10.6. The van der Waals surface area contributed by atoms with E-state index in [0.29, 0.717) is 17.4 Å². The molecule has 1 aromatic rings. The van der Waals surface area contributed by atoms with Crippen molar-refractivity contribution in [1.82, 2.24) is 5.32 Å². The molecule has 1 rings (SSSR count). The first-order valence-corrected chi connectivity index (χ1v) is 5.62. The van der Waals surface area contributed by atoms with E-state index in [-0.39, 0.29) is 12.5 Å². The van der Waals surface area contributed by atoms with Crippen LogP contribution in [0.1, 0.15) is 28.9 Å². The molecule has 1 aromatic heterocycles. The number of nitrogens with one attached hydrogen (secondary N) is 1. The van der Waals surface area contributed by atoms with Crippen LogP contribution in [0.5, 0.6) is 0 Å². The summed E-state index contributed by atoms with van der Waals surface area (Å²) >= 11 is 1.27. The molecule has 0 aliphatic carbocycles. The van der Waals surface area contributed by atoms with Crippen LogP contribution in [0.25, 0.3) is 0 Å². The number of aliphatic hydroxyl groups excluding tert-OH is 2. The van der Waals surface area contributed by atoms with Crippen LogP contribution in [0.15, 0.2) is 10.8 Å². The zero-order chi connectivity index (χ0) is 12.1. The molecule has 0 saturated carbocycles. The molecule has 0 aliphatic rings. The molecule has 1 heterocycles. The number of hydrogen-bond donors (Lipinski definition) is 3. The minimum absolute atomic E-state index is 0.0509. The Hall–Kier alpha value is -1.24. The Bertz CT molecular complexity index is 377. The van der Waals surface area contributed by atoms with Gasteiger partial charge in [-0.05, 0) is 5.38 Å². The van der Waals surface area contributed by atoms with Crippen LogP contribution in [0.2, 0.25) is 0 Å². The molecule has 0 aromatic carbocycles. The van der Waals surface area contributed by atoms with Gasteiger partial charge in [0.05, 0.1) is 0 Å². The molecule has 16 heavy (non-hydrogen) atoms. The molecule has 0 spiro atoms. The van der Waals surface area contributed by atoms with Crippen molar-refractivity contribution in [3.8, 4) is 0 Å². The van der Waals surface area contributed by atoms with E-state index < -0.39 is 12.2 Å². The van der Waals surface area contributed by atoms with Gasteiger partial charge in [0.15, 0.2) is 6.29 Å². The van der Waals surface area contributed by atoms with Crippen LogP contribution in [-0.4, -0.2) is 35.1 Å². The van der Waals surface area contributed by atoms with Gasteiger partial charge in [-0.1, -0.05) is 0 Å². The number of carbonyl (C=O) groups excluding carboxylic acids is 2. The SMILES string of the molecule is CC(=O)NCC(O)C(O)c1cscc1C=O. The summed E-state index contributed by atoms with van der Waals surface area (Å²) < 4.78 is 0. The van der Waals surface area contributed by atoms with Crippen LogP contribution in [0, 0.1) is 0 Å². The fourth-order valence-electron chi connectivity index (χ4n) is 1.22. The molecular formula is C10H13NO4S. The van der Waals surface area contributed by atoms with Gasteiger partial charge in [-0.25, -0.2) is 0 Å². The first kappa shape index (κ1) is 12.8. The molecule has 2 atom stereocenters. The van der Waals surface area contributed by atoms with E-state index in [1.807, 2.05) is 0 Å². The Balaban J connectivity index is 2.66. The summed E-state index contributed by atoms with van der Waals surface area (Å²) in [4.78, 5) is 21.2. The highest BCUT2D eigenvalue weighted by atomic mass is 32.1. The van der Waals surface area contributed by atoms with Crippen molar-refractivity contribution in [2.75, 3.05) is 6.54 Å². The number of hydrogen-bond acceptors (Lipinski definition) is 5. The number of aldehydes is 1. The molecule has 0 bridgehead atoms. The van der Waals surface area contributed by atoms with Gasteiger partial charge < -0.3 is 15.5 Å². The first-order valence-electron chi connectivity index (χ1n) is 4.68. The van der Waals surface area contributed by atoms with E-state index in [4.69, 9.17) is 0 Å². The molecule has 88 valence electrons. The van der Waals surface area contributed by atoms with Crippen LogP contribution < -0.4 is 5.32 Å². The van der Waals surface area contributed by atoms with E-state index in [9.17, 15) is 19.8 Å². The number of carbonyl (C=O) groups is 2. The number of rotatable bonds is 5. The average Bonchev–Trinajstić information content (AvgIpc) is 2.72. The standard InChI is InChI=1S/C10H13NO4S/c1-6(13)11-2-9(14)10(15)8-5-16-4-7(8)3-12/h3-5,9-10,14-15H,2H2,1H3,(H,11,13). The van der Waals surface area contributed by atoms with E-state index in [1.54, 1.807) is 10.8 Å².